The molecule has 5 atom stereocenters. The molecule has 6 N–H and O–H groups in total. The molecule has 9 heteroatoms. The third kappa shape index (κ3) is 3.66. The van der Waals surface area contributed by atoms with Crippen LogP contribution in [0.5, 0.6) is 0 Å². The van der Waals surface area contributed by atoms with Crippen molar-refractivity contribution in [2.75, 3.05) is 13.2 Å². The van der Waals surface area contributed by atoms with E-state index in [9.17, 15) is 20.1 Å². The van der Waals surface area contributed by atoms with Gasteiger partial charge in [-0.25, -0.2) is 0 Å². The summed E-state index contributed by atoms with van der Waals surface area (Å²) in [6, 6.07) is 0. The molecule has 1 aromatic rings. The van der Waals surface area contributed by atoms with Gasteiger partial charge in [-0.1, -0.05) is 5.57 Å². The van der Waals surface area contributed by atoms with Crippen LogP contribution in [0.15, 0.2) is 23.1 Å². The SMILES string of the molecule is C=C(C)CC(CN)c1cn([C@@H]2O[C@H](CO)[C@@H](O)[C@H]2O)c(=S)[nH]c1=O. The van der Waals surface area contributed by atoms with Gasteiger partial charge in [-0.05, 0) is 32.1 Å². The number of aliphatic hydroxyl groups excluding tert-OH is 3. The second kappa shape index (κ2) is 7.68. The molecule has 2 rings (SSSR count). The maximum atomic E-state index is 12.2. The van der Waals surface area contributed by atoms with Crippen LogP contribution in [0.2, 0.25) is 0 Å². The Morgan fingerprint density at radius 1 is 1.54 bits per heavy atom. The van der Waals surface area contributed by atoms with Crippen LogP contribution in [0.1, 0.15) is 31.1 Å². The van der Waals surface area contributed by atoms with E-state index in [1.54, 1.807) is 0 Å². The fraction of sp³-hybridized carbons (Fsp3) is 0.600. The predicted octanol–water partition coefficient (Wildman–Crippen LogP) is -0.474. The number of nitrogens with one attached hydrogen (secondary N) is 1. The first-order valence-corrected chi connectivity index (χ1v) is 8.03. The van der Waals surface area contributed by atoms with Crippen LogP contribution in [0.3, 0.4) is 0 Å². The Hall–Kier alpha value is -1.36. The lowest BCUT2D eigenvalue weighted by Gasteiger charge is -2.21. The molecule has 1 aliphatic heterocycles. The van der Waals surface area contributed by atoms with Gasteiger partial charge in [-0.15, -0.1) is 6.58 Å². The highest BCUT2D eigenvalue weighted by Crippen LogP contribution is 2.30. The molecule has 0 saturated carbocycles. The smallest absolute Gasteiger partial charge is 0.255 e. The Bertz CT molecular complexity index is 716. The zero-order valence-electron chi connectivity index (χ0n) is 13.4. The zero-order chi connectivity index (χ0) is 18.0. The number of hydrogen-bond donors (Lipinski definition) is 5. The molecule has 1 aromatic heterocycles. The Balaban J connectivity index is 2.45. The van der Waals surface area contributed by atoms with Gasteiger partial charge in [0.25, 0.3) is 5.56 Å². The number of nitrogens with two attached hydrogens (primary N) is 1. The number of ether oxygens (including phenoxy) is 1. The van der Waals surface area contributed by atoms with Gasteiger partial charge in [0.05, 0.1) is 6.61 Å². The number of aromatic amines is 1. The summed E-state index contributed by atoms with van der Waals surface area (Å²) >= 11 is 5.14. The minimum atomic E-state index is -1.29. The maximum Gasteiger partial charge on any atom is 0.255 e. The molecule has 0 amide bonds. The second-order valence-corrected chi connectivity index (χ2v) is 6.46. The molecule has 2 heterocycles. The summed E-state index contributed by atoms with van der Waals surface area (Å²) in [5, 5.41) is 29.2. The normalized spacial score (nSPS) is 28.0. The van der Waals surface area contributed by atoms with E-state index in [2.05, 4.69) is 11.6 Å². The number of allylic oxidation sites excluding steroid dienone is 1. The first kappa shape index (κ1) is 19.0. The molecule has 1 aliphatic rings. The van der Waals surface area contributed by atoms with Crippen LogP contribution in [-0.4, -0.2) is 56.3 Å². The summed E-state index contributed by atoms with van der Waals surface area (Å²) < 4.78 is 6.88. The van der Waals surface area contributed by atoms with Gasteiger partial charge in [0.15, 0.2) is 11.0 Å². The number of hydrogen-bond acceptors (Lipinski definition) is 7. The summed E-state index contributed by atoms with van der Waals surface area (Å²) in [5.74, 6) is -0.259. The molecule has 0 aliphatic carbocycles. The zero-order valence-corrected chi connectivity index (χ0v) is 14.2. The van der Waals surface area contributed by atoms with Crippen molar-refractivity contribution in [2.24, 2.45) is 5.73 Å². The van der Waals surface area contributed by atoms with Crippen LogP contribution >= 0.6 is 12.2 Å². The standard InChI is InChI=1S/C15H23N3O5S/c1-7(2)3-8(4-16)9-5-18(15(24)17-13(9)22)14-12(21)11(20)10(6-19)23-14/h5,8,10-12,14,19-21H,1,3-4,6,16H2,2H3,(H,17,22,24)/t8?,10-,11-,12-,14-/m1/s1. The van der Waals surface area contributed by atoms with Gasteiger partial charge in [0.2, 0.25) is 0 Å². The van der Waals surface area contributed by atoms with E-state index in [-0.39, 0.29) is 22.8 Å². The highest BCUT2D eigenvalue weighted by atomic mass is 32.1. The summed E-state index contributed by atoms with van der Waals surface area (Å²) in [5.41, 5.74) is 6.69. The molecule has 24 heavy (non-hydrogen) atoms. The largest absolute Gasteiger partial charge is 0.394 e. The second-order valence-electron chi connectivity index (χ2n) is 6.07. The Morgan fingerprint density at radius 2 is 2.21 bits per heavy atom. The molecule has 8 nitrogen and oxygen atoms in total. The molecule has 1 fully saturated rings. The Morgan fingerprint density at radius 3 is 2.71 bits per heavy atom. The molecule has 0 aromatic carbocycles. The third-order valence-electron chi connectivity index (χ3n) is 4.11. The van der Waals surface area contributed by atoms with Gasteiger partial charge in [0.1, 0.15) is 18.3 Å². The highest BCUT2D eigenvalue weighted by molar-refractivity contribution is 7.71. The number of aromatic nitrogens is 2. The van der Waals surface area contributed by atoms with Gasteiger partial charge in [-0.3, -0.25) is 14.3 Å². The molecular formula is C15H23N3O5S. The molecule has 0 bridgehead atoms. The van der Waals surface area contributed by atoms with E-state index < -0.39 is 31.1 Å². The molecule has 0 radical (unpaired) electrons. The van der Waals surface area contributed by atoms with Crippen molar-refractivity contribution in [1.29, 1.82) is 0 Å². The highest BCUT2D eigenvalue weighted by Gasteiger charge is 2.43. The molecule has 134 valence electrons. The van der Waals surface area contributed by atoms with Crippen molar-refractivity contribution >= 4 is 12.2 Å². The maximum absolute atomic E-state index is 12.2. The minimum absolute atomic E-state index is 0.0460. The Kier molecular flexibility index (Phi) is 6.07. The monoisotopic (exact) mass is 357 g/mol. The average Bonchev–Trinajstić information content (AvgIpc) is 2.81. The first-order chi connectivity index (χ1) is 11.3. The quantitative estimate of drug-likeness (QED) is 0.343. The number of rotatable bonds is 6. The average molecular weight is 357 g/mol. The van der Waals surface area contributed by atoms with E-state index in [4.69, 9.17) is 22.7 Å². The van der Waals surface area contributed by atoms with Crippen LogP contribution in [0, 0.1) is 4.77 Å². The van der Waals surface area contributed by atoms with Crippen molar-refractivity contribution in [2.45, 2.75) is 43.8 Å². The van der Waals surface area contributed by atoms with Crippen LogP contribution in [0.25, 0.3) is 0 Å². The minimum Gasteiger partial charge on any atom is -0.394 e. The van der Waals surface area contributed by atoms with Crippen LogP contribution < -0.4 is 11.3 Å². The molecule has 1 unspecified atom stereocenters. The van der Waals surface area contributed by atoms with Crippen molar-refractivity contribution in [3.8, 4) is 0 Å². The molecular weight excluding hydrogens is 334 g/mol. The summed E-state index contributed by atoms with van der Waals surface area (Å²) in [4.78, 5) is 14.8. The summed E-state index contributed by atoms with van der Waals surface area (Å²) in [6.07, 6.45) is -2.46. The summed E-state index contributed by atoms with van der Waals surface area (Å²) in [7, 11) is 0. The number of H-pyrrole nitrogens is 1. The van der Waals surface area contributed by atoms with E-state index >= 15 is 0 Å². The lowest BCUT2D eigenvalue weighted by atomic mass is 9.95. The topological polar surface area (TPSA) is 134 Å². The van der Waals surface area contributed by atoms with Gasteiger partial charge < -0.3 is 25.8 Å². The fourth-order valence-electron chi connectivity index (χ4n) is 2.83. The van der Waals surface area contributed by atoms with Crippen molar-refractivity contribution in [3.63, 3.8) is 0 Å². The van der Waals surface area contributed by atoms with Gasteiger partial charge in [0, 0.05) is 17.7 Å². The predicted molar refractivity (Wildman–Crippen MR) is 90.1 cm³/mol. The van der Waals surface area contributed by atoms with Gasteiger partial charge >= 0.3 is 0 Å². The van der Waals surface area contributed by atoms with Crippen molar-refractivity contribution in [3.05, 3.63) is 39.0 Å². The van der Waals surface area contributed by atoms with Crippen molar-refractivity contribution in [1.82, 2.24) is 9.55 Å². The fourth-order valence-corrected chi connectivity index (χ4v) is 3.08. The van der Waals surface area contributed by atoms with E-state index in [0.717, 1.165) is 5.57 Å². The van der Waals surface area contributed by atoms with E-state index in [1.165, 1.54) is 10.8 Å². The van der Waals surface area contributed by atoms with Crippen molar-refractivity contribution < 1.29 is 20.1 Å². The Labute approximate surface area is 144 Å². The number of nitrogens with zero attached hydrogens (tertiary/aromatic N) is 1. The van der Waals surface area contributed by atoms with E-state index in [1.807, 2.05) is 6.92 Å². The van der Waals surface area contributed by atoms with Crippen LogP contribution in [0.4, 0.5) is 0 Å². The van der Waals surface area contributed by atoms with E-state index in [0.29, 0.717) is 12.0 Å². The summed E-state index contributed by atoms with van der Waals surface area (Å²) in [6.45, 7) is 5.48. The van der Waals surface area contributed by atoms with Crippen LogP contribution in [-0.2, 0) is 4.74 Å². The lowest BCUT2D eigenvalue weighted by molar-refractivity contribution is -0.0542. The number of aliphatic hydroxyl groups is 3. The first-order valence-electron chi connectivity index (χ1n) is 7.62. The molecule has 0 spiro atoms. The third-order valence-corrected chi connectivity index (χ3v) is 4.42. The lowest BCUT2D eigenvalue weighted by Crippen LogP contribution is -2.34. The molecule has 1 saturated heterocycles. The van der Waals surface area contributed by atoms with Gasteiger partial charge in [-0.2, -0.15) is 0 Å².